The van der Waals surface area contributed by atoms with Crippen LogP contribution < -0.4 is 0 Å². The van der Waals surface area contributed by atoms with E-state index in [1.807, 2.05) is 5.38 Å². The van der Waals surface area contributed by atoms with Crippen LogP contribution in [-0.4, -0.2) is 20.8 Å². The number of rotatable bonds is 5. The highest BCUT2D eigenvalue weighted by molar-refractivity contribution is 7.09. The molecule has 2 rings (SSSR count). The average molecular weight is 227 g/mol. The molecule has 1 aromatic heterocycles. The van der Waals surface area contributed by atoms with Crippen molar-refractivity contribution in [1.29, 1.82) is 0 Å². The van der Waals surface area contributed by atoms with Crippen molar-refractivity contribution in [3.63, 3.8) is 0 Å². The maximum atomic E-state index is 10.2. The van der Waals surface area contributed by atoms with E-state index in [4.69, 9.17) is 0 Å². The third-order valence-electron chi connectivity index (χ3n) is 3.19. The van der Waals surface area contributed by atoms with E-state index in [1.54, 1.807) is 6.20 Å². The monoisotopic (exact) mass is 227 g/mol. The molecule has 0 saturated heterocycles. The Hall–Kier alpha value is -0.450. The van der Waals surface area contributed by atoms with Crippen molar-refractivity contribution < 1.29 is 10.2 Å². The van der Waals surface area contributed by atoms with Crippen LogP contribution in [0.5, 0.6) is 0 Å². The van der Waals surface area contributed by atoms with Gasteiger partial charge in [0, 0.05) is 11.6 Å². The largest absolute Gasteiger partial charge is 0.386 e. The van der Waals surface area contributed by atoms with Gasteiger partial charge in [-0.1, -0.05) is 19.8 Å². The first-order valence-electron chi connectivity index (χ1n) is 5.48. The third-order valence-corrected chi connectivity index (χ3v) is 4.01. The molecule has 0 amide bonds. The second kappa shape index (κ2) is 4.20. The molecule has 1 aliphatic rings. The molecule has 0 radical (unpaired) electrons. The van der Waals surface area contributed by atoms with E-state index in [-0.39, 0.29) is 5.92 Å². The summed E-state index contributed by atoms with van der Waals surface area (Å²) in [6.07, 6.45) is 4.86. The molecule has 1 heterocycles. The molecule has 0 aliphatic heterocycles. The Kier molecular flexibility index (Phi) is 3.09. The lowest BCUT2D eigenvalue weighted by Gasteiger charge is -2.16. The summed E-state index contributed by atoms with van der Waals surface area (Å²) in [5.74, 6) is 0.261. The Bertz CT molecular complexity index is 314. The lowest BCUT2D eigenvalue weighted by molar-refractivity contribution is -0.0145. The molecular formula is C11H17NO2S. The standard InChI is InChI=1S/C11H17NO2S/c1-2-3-4-8-7-11(8,14)9(13)10-12-5-6-15-10/h5-6,8-9,13-14H,2-4,7H2,1H3. The number of aromatic nitrogens is 1. The van der Waals surface area contributed by atoms with Gasteiger partial charge < -0.3 is 10.2 Å². The predicted molar refractivity (Wildman–Crippen MR) is 59.7 cm³/mol. The molecule has 3 atom stereocenters. The fourth-order valence-corrected chi connectivity index (χ4v) is 2.77. The van der Waals surface area contributed by atoms with Gasteiger partial charge in [-0.05, 0) is 18.8 Å². The third kappa shape index (κ3) is 2.07. The summed E-state index contributed by atoms with van der Waals surface area (Å²) < 4.78 is 0. The number of aliphatic hydroxyl groups is 2. The van der Waals surface area contributed by atoms with Crippen LogP contribution in [0, 0.1) is 5.92 Å². The van der Waals surface area contributed by atoms with Gasteiger partial charge in [-0.15, -0.1) is 11.3 Å². The van der Waals surface area contributed by atoms with Crippen LogP contribution in [0.3, 0.4) is 0 Å². The van der Waals surface area contributed by atoms with Crippen LogP contribution in [0.25, 0.3) is 0 Å². The first kappa shape index (κ1) is 11.0. The molecular weight excluding hydrogens is 210 g/mol. The Morgan fingerprint density at radius 2 is 2.53 bits per heavy atom. The van der Waals surface area contributed by atoms with Crippen molar-refractivity contribution >= 4 is 11.3 Å². The minimum absolute atomic E-state index is 0.261. The maximum Gasteiger partial charge on any atom is 0.134 e. The minimum Gasteiger partial charge on any atom is -0.386 e. The van der Waals surface area contributed by atoms with Crippen molar-refractivity contribution in [3.05, 3.63) is 16.6 Å². The zero-order valence-corrected chi connectivity index (χ0v) is 9.70. The summed E-state index contributed by atoms with van der Waals surface area (Å²) in [5.41, 5.74) is -0.896. The van der Waals surface area contributed by atoms with Gasteiger partial charge in [0.05, 0.1) is 0 Å². The van der Waals surface area contributed by atoms with E-state index in [9.17, 15) is 10.2 Å². The summed E-state index contributed by atoms with van der Waals surface area (Å²) in [4.78, 5) is 4.05. The maximum absolute atomic E-state index is 10.2. The van der Waals surface area contributed by atoms with Crippen molar-refractivity contribution in [2.45, 2.75) is 44.3 Å². The minimum atomic E-state index is -0.896. The number of unbranched alkanes of at least 4 members (excludes halogenated alkanes) is 1. The second-order valence-electron chi connectivity index (χ2n) is 4.31. The number of nitrogens with zero attached hydrogens (tertiary/aromatic N) is 1. The van der Waals surface area contributed by atoms with Crippen molar-refractivity contribution in [2.75, 3.05) is 0 Å². The fraction of sp³-hybridized carbons (Fsp3) is 0.727. The van der Waals surface area contributed by atoms with Crippen LogP contribution >= 0.6 is 11.3 Å². The molecule has 0 bridgehead atoms. The summed E-state index contributed by atoms with van der Waals surface area (Å²) in [7, 11) is 0. The van der Waals surface area contributed by atoms with Gasteiger partial charge in [0.25, 0.3) is 0 Å². The van der Waals surface area contributed by atoms with E-state index < -0.39 is 11.7 Å². The molecule has 3 nitrogen and oxygen atoms in total. The van der Waals surface area contributed by atoms with Crippen LogP contribution in [0.1, 0.15) is 43.7 Å². The summed E-state index contributed by atoms with van der Waals surface area (Å²) in [6, 6.07) is 0. The molecule has 3 unspecified atom stereocenters. The van der Waals surface area contributed by atoms with E-state index in [1.165, 1.54) is 11.3 Å². The first-order chi connectivity index (χ1) is 7.18. The molecule has 2 N–H and O–H groups in total. The summed E-state index contributed by atoms with van der Waals surface area (Å²) in [5, 5.41) is 22.6. The SMILES string of the molecule is CCCCC1CC1(O)C(O)c1nccs1. The van der Waals surface area contributed by atoms with Crippen LogP contribution in [0.15, 0.2) is 11.6 Å². The van der Waals surface area contributed by atoms with Gasteiger partial charge in [0.15, 0.2) is 0 Å². The topological polar surface area (TPSA) is 53.4 Å². The zero-order valence-electron chi connectivity index (χ0n) is 8.89. The zero-order chi connectivity index (χ0) is 10.9. The molecule has 0 spiro atoms. The molecule has 1 aliphatic carbocycles. The lowest BCUT2D eigenvalue weighted by Crippen LogP contribution is -2.22. The number of hydrogen-bond donors (Lipinski definition) is 2. The Morgan fingerprint density at radius 1 is 1.73 bits per heavy atom. The molecule has 4 heteroatoms. The molecule has 1 saturated carbocycles. The quantitative estimate of drug-likeness (QED) is 0.810. The molecule has 84 valence electrons. The summed E-state index contributed by atoms with van der Waals surface area (Å²) >= 11 is 1.40. The number of thiazole rings is 1. The number of aliphatic hydroxyl groups excluding tert-OH is 1. The van der Waals surface area contributed by atoms with Crippen molar-refractivity contribution in [3.8, 4) is 0 Å². The van der Waals surface area contributed by atoms with Crippen molar-refractivity contribution in [2.24, 2.45) is 5.92 Å². The molecule has 1 fully saturated rings. The van der Waals surface area contributed by atoms with Crippen LogP contribution in [0.2, 0.25) is 0 Å². The van der Waals surface area contributed by atoms with Gasteiger partial charge in [0.2, 0.25) is 0 Å². The molecule has 0 aromatic carbocycles. The predicted octanol–water partition coefficient (Wildman–Crippen LogP) is 2.12. The summed E-state index contributed by atoms with van der Waals surface area (Å²) in [6.45, 7) is 2.14. The molecule has 15 heavy (non-hydrogen) atoms. The Labute approximate surface area is 93.8 Å². The van der Waals surface area contributed by atoms with Gasteiger partial charge in [-0.25, -0.2) is 4.98 Å². The highest BCUT2D eigenvalue weighted by atomic mass is 32.1. The van der Waals surface area contributed by atoms with Crippen molar-refractivity contribution in [1.82, 2.24) is 4.98 Å². The molecule has 1 aromatic rings. The highest BCUT2D eigenvalue weighted by Crippen LogP contribution is 2.54. The van der Waals surface area contributed by atoms with E-state index in [0.29, 0.717) is 11.4 Å². The first-order valence-corrected chi connectivity index (χ1v) is 6.36. The fourth-order valence-electron chi connectivity index (χ4n) is 2.06. The van der Waals surface area contributed by atoms with E-state index in [2.05, 4.69) is 11.9 Å². The highest BCUT2D eigenvalue weighted by Gasteiger charge is 2.58. The van der Waals surface area contributed by atoms with E-state index in [0.717, 1.165) is 19.3 Å². The smallest absolute Gasteiger partial charge is 0.134 e. The normalized spacial score (nSPS) is 31.5. The van der Waals surface area contributed by atoms with Gasteiger partial charge in [0.1, 0.15) is 16.7 Å². The van der Waals surface area contributed by atoms with Crippen LogP contribution in [0.4, 0.5) is 0 Å². The average Bonchev–Trinajstić information content (AvgIpc) is 2.71. The van der Waals surface area contributed by atoms with Gasteiger partial charge >= 0.3 is 0 Å². The number of hydrogen-bond acceptors (Lipinski definition) is 4. The Balaban J connectivity index is 1.95. The van der Waals surface area contributed by atoms with Gasteiger partial charge in [-0.3, -0.25) is 0 Å². The van der Waals surface area contributed by atoms with Gasteiger partial charge in [-0.2, -0.15) is 0 Å². The lowest BCUT2D eigenvalue weighted by atomic mass is 10.1. The van der Waals surface area contributed by atoms with Crippen LogP contribution in [-0.2, 0) is 0 Å². The second-order valence-corrected chi connectivity index (χ2v) is 5.23. The van der Waals surface area contributed by atoms with E-state index >= 15 is 0 Å². The Morgan fingerprint density at radius 3 is 3.13 bits per heavy atom.